The maximum absolute atomic E-state index is 12.0. The van der Waals surface area contributed by atoms with Crippen molar-refractivity contribution in [3.8, 4) is 0 Å². The predicted octanol–water partition coefficient (Wildman–Crippen LogP) is 0.529. The third-order valence-corrected chi connectivity index (χ3v) is 4.40. The number of hydrogen-bond donors (Lipinski definition) is 3. The molecule has 7 heteroatoms. The fraction of sp³-hybridized carbons (Fsp3) is 0.818. The van der Waals surface area contributed by atoms with E-state index in [0.717, 1.165) is 0 Å². The topological polar surface area (TPSA) is 95.7 Å². The van der Waals surface area contributed by atoms with E-state index in [0.29, 0.717) is 25.3 Å². The molecule has 0 aromatic rings. The maximum Gasteiger partial charge on any atom is 0.327 e. The second-order valence-electron chi connectivity index (χ2n) is 4.60. The minimum Gasteiger partial charge on any atom is -0.480 e. The first-order valence-electron chi connectivity index (χ1n) is 6.09. The van der Waals surface area contributed by atoms with Gasteiger partial charge >= 0.3 is 12.0 Å². The predicted molar refractivity (Wildman–Crippen MR) is 71.4 cm³/mol. The van der Waals surface area contributed by atoms with Gasteiger partial charge in [-0.1, -0.05) is 13.8 Å². The van der Waals surface area contributed by atoms with Crippen molar-refractivity contribution in [3.63, 3.8) is 0 Å². The summed E-state index contributed by atoms with van der Waals surface area (Å²) in [6.45, 7) is 4.96. The number of hydrogen-bond acceptors (Lipinski definition) is 4. The average Bonchev–Trinajstić information content (AvgIpc) is 2.73. The highest BCUT2D eigenvalue weighted by molar-refractivity contribution is 8.00. The number of nitrogens with zero attached hydrogens (tertiary/aromatic N) is 1. The lowest BCUT2D eigenvalue weighted by atomic mass is 10.2. The van der Waals surface area contributed by atoms with Gasteiger partial charge in [0.1, 0.15) is 6.04 Å². The number of amides is 2. The molecule has 1 aliphatic rings. The molecule has 0 bridgehead atoms. The highest BCUT2D eigenvalue weighted by atomic mass is 32.2. The van der Waals surface area contributed by atoms with Gasteiger partial charge < -0.3 is 16.2 Å². The van der Waals surface area contributed by atoms with Crippen LogP contribution in [0.1, 0.15) is 20.3 Å². The lowest BCUT2D eigenvalue weighted by Gasteiger charge is -2.29. The number of thioether (sulfide) groups is 1. The lowest BCUT2D eigenvalue weighted by Crippen LogP contribution is -2.51. The third-order valence-electron chi connectivity index (χ3n) is 2.78. The molecule has 2 unspecified atom stereocenters. The number of aliphatic carboxylic acids is 1. The zero-order valence-corrected chi connectivity index (χ0v) is 11.6. The molecule has 1 heterocycles. The molecule has 0 aliphatic carbocycles. The van der Waals surface area contributed by atoms with Gasteiger partial charge in [-0.3, -0.25) is 4.90 Å². The van der Waals surface area contributed by atoms with E-state index >= 15 is 0 Å². The second kappa shape index (κ2) is 6.84. The molecule has 0 saturated carbocycles. The molecule has 4 N–H and O–H groups in total. The van der Waals surface area contributed by atoms with E-state index in [9.17, 15) is 9.59 Å². The van der Waals surface area contributed by atoms with Gasteiger partial charge in [0.25, 0.3) is 0 Å². The molecule has 104 valence electrons. The number of carbonyl (C=O) groups excluding carboxylic acids is 1. The van der Waals surface area contributed by atoms with Crippen LogP contribution in [0.15, 0.2) is 0 Å². The van der Waals surface area contributed by atoms with E-state index in [-0.39, 0.29) is 17.3 Å². The second-order valence-corrected chi connectivity index (χ2v) is 5.75. The Morgan fingerprint density at radius 3 is 2.72 bits per heavy atom. The monoisotopic (exact) mass is 275 g/mol. The Balaban J connectivity index is 2.70. The fourth-order valence-electron chi connectivity index (χ4n) is 1.88. The third kappa shape index (κ3) is 3.52. The number of carboxylic acid groups (broad SMARTS) is 1. The Bertz CT molecular complexity index is 312. The molecule has 0 aromatic carbocycles. The Kier molecular flexibility index (Phi) is 5.74. The van der Waals surface area contributed by atoms with Crippen LogP contribution in [0.5, 0.6) is 0 Å². The summed E-state index contributed by atoms with van der Waals surface area (Å²) in [5, 5.41) is 11.8. The number of nitrogens with one attached hydrogen (secondary N) is 1. The molecule has 1 rings (SSSR count). The summed E-state index contributed by atoms with van der Waals surface area (Å²) in [6, 6.07) is -1.04. The summed E-state index contributed by atoms with van der Waals surface area (Å²) < 4.78 is 0. The zero-order chi connectivity index (χ0) is 13.7. The minimum absolute atomic E-state index is 0.0797. The van der Waals surface area contributed by atoms with Crippen molar-refractivity contribution in [1.29, 1.82) is 0 Å². The molecule has 1 aliphatic heterocycles. The average molecular weight is 275 g/mol. The molecular weight excluding hydrogens is 254 g/mol. The number of urea groups is 1. The Labute approximate surface area is 111 Å². The molecule has 0 spiro atoms. The van der Waals surface area contributed by atoms with E-state index in [1.807, 2.05) is 13.8 Å². The summed E-state index contributed by atoms with van der Waals surface area (Å²) >= 11 is 1.52. The molecule has 1 fully saturated rings. The van der Waals surface area contributed by atoms with Gasteiger partial charge in [-0.15, -0.1) is 11.8 Å². The number of carbonyl (C=O) groups is 2. The van der Waals surface area contributed by atoms with E-state index in [4.69, 9.17) is 10.8 Å². The van der Waals surface area contributed by atoms with Crippen LogP contribution in [0.4, 0.5) is 4.79 Å². The Morgan fingerprint density at radius 1 is 1.56 bits per heavy atom. The molecule has 2 amide bonds. The standard InChI is InChI=1S/C11H21N3O3S/c1-7(2)9-14(8(6-18-9)10(15)16)11(17)13-5-3-4-12/h7-9H,3-6,12H2,1-2H3,(H,13,17)(H,15,16). The number of rotatable bonds is 5. The lowest BCUT2D eigenvalue weighted by molar-refractivity contribution is -0.141. The largest absolute Gasteiger partial charge is 0.480 e. The van der Waals surface area contributed by atoms with Crippen molar-refractivity contribution in [2.24, 2.45) is 11.7 Å². The summed E-state index contributed by atoms with van der Waals surface area (Å²) in [5.74, 6) is -0.276. The van der Waals surface area contributed by atoms with Gasteiger partial charge in [-0.2, -0.15) is 0 Å². The van der Waals surface area contributed by atoms with E-state index in [1.165, 1.54) is 16.7 Å². The van der Waals surface area contributed by atoms with Crippen LogP contribution in [0, 0.1) is 5.92 Å². The van der Waals surface area contributed by atoms with Crippen LogP contribution in [-0.4, -0.2) is 52.3 Å². The summed E-state index contributed by atoms with van der Waals surface area (Å²) in [6.07, 6.45) is 0.691. The fourth-order valence-corrected chi connectivity index (χ4v) is 3.35. The molecular formula is C11H21N3O3S. The van der Waals surface area contributed by atoms with E-state index < -0.39 is 12.0 Å². The van der Waals surface area contributed by atoms with Gasteiger partial charge in [-0.25, -0.2) is 9.59 Å². The van der Waals surface area contributed by atoms with Crippen LogP contribution in [-0.2, 0) is 4.79 Å². The number of nitrogens with two attached hydrogens (primary N) is 1. The van der Waals surface area contributed by atoms with Gasteiger partial charge in [0.05, 0.1) is 5.37 Å². The molecule has 1 saturated heterocycles. The van der Waals surface area contributed by atoms with Gasteiger partial charge in [0.2, 0.25) is 0 Å². The van der Waals surface area contributed by atoms with Crippen LogP contribution < -0.4 is 11.1 Å². The summed E-state index contributed by atoms with van der Waals surface area (Å²) in [5.41, 5.74) is 5.36. The molecule has 6 nitrogen and oxygen atoms in total. The van der Waals surface area contributed by atoms with Gasteiger partial charge in [0.15, 0.2) is 0 Å². The van der Waals surface area contributed by atoms with E-state index in [1.54, 1.807) is 0 Å². The van der Waals surface area contributed by atoms with Gasteiger partial charge in [0, 0.05) is 12.3 Å². The summed E-state index contributed by atoms with van der Waals surface area (Å²) in [7, 11) is 0. The molecule has 2 atom stereocenters. The first kappa shape index (κ1) is 15.1. The minimum atomic E-state index is -0.945. The SMILES string of the molecule is CC(C)C1SCC(C(=O)O)N1C(=O)NCCCN. The van der Waals surface area contributed by atoms with Gasteiger partial charge in [-0.05, 0) is 18.9 Å². The molecule has 0 radical (unpaired) electrons. The van der Waals surface area contributed by atoms with Crippen LogP contribution in [0.25, 0.3) is 0 Å². The normalized spacial score (nSPS) is 23.4. The van der Waals surface area contributed by atoms with Crippen LogP contribution >= 0.6 is 11.8 Å². The number of carboxylic acids is 1. The maximum atomic E-state index is 12.0. The van der Waals surface area contributed by atoms with Crippen LogP contribution in [0.2, 0.25) is 0 Å². The van der Waals surface area contributed by atoms with Crippen molar-refractivity contribution in [1.82, 2.24) is 10.2 Å². The van der Waals surface area contributed by atoms with E-state index in [2.05, 4.69) is 5.32 Å². The summed E-state index contributed by atoms with van der Waals surface area (Å²) in [4.78, 5) is 24.7. The first-order valence-corrected chi connectivity index (χ1v) is 7.14. The van der Waals surface area contributed by atoms with Crippen LogP contribution in [0.3, 0.4) is 0 Å². The first-order chi connectivity index (χ1) is 8.49. The van der Waals surface area contributed by atoms with Crippen molar-refractivity contribution in [3.05, 3.63) is 0 Å². The quantitative estimate of drug-likeness (QED) is 0.636. The highest BCUT2D eigenvalue weighted by Crippen LogP contribution is 2.33. The van der Waals surface area contributed by atoms with Crippen molar-refractivity contribution in [2.45, 2.75) is 31.7 Å². The van der Waals surface area contributed by atoms with Crippen molar-refractivity contribution in [2.75, 3.05) is 18.8 Å². The van der Waals surface area contributed by atoms with Crippen molar-refractivity contribution < 1.29 is 14.7 Å². The molecule has 0 aromatic heterocycles. The molecule has 18 heavy (non-hydrogen) atoms. The van der Waals surface area contributed by atoms with Crippen molar-refractivity contribution >= 4 is 23.8 Å². The Hall–Kier alpha value is -0.950. The zero-order valence-electron chi connectivity index (χ0n) is 10.8. The smallest absolute Gasteiger partial charge is 0.327 e. The Morgan fingerprint density at radius 2 is 2.22 bits per heavy atom. The highest BCUT2D eigenvalue weighted by Gasteiger charge is 2.42.